The molecule has 3 aromatic rings. The first-order valence-electron chi connectivity index (χ1n) is 14.2. The maximum Gasteiger partial charge on any atom is 0.186 e. The van der Waals surface area contributed by atoms with Crippen LogP contribution in [0.4, 0.5) is 0 Å². The molecule has 0 fully saturated rings. The van der Waals surface area contributed by atoms with E-state index in [9.17, 15) is 9.59 Å². The maximum atomic E-state index is 12.7. The Bertz CT molecular complexity index is 1240. The molecule has 0 aromatic heterocycles. The smallest absolute Gasteiger partial charge is 0.186 e. The van der Waals surface area contributed by atoms with Crippen LogP contribution in [0.3, 0.4) is 0 Å². The second-order valence-electron chi connectivity index (χ2n) is 10.2. The number of carbonyl (C=O) groups excluding carboxylic acids is 2. The predicted molar refractivity (Wildman–Crippen MR) is 164 cm³/mol. The van der Waals surface area contributed by atoms with Gasteiger partial charge >= 0.3 is 0 Å². The molecule has 0 spiro atoms. The van der Waals surface area contributed by atoms with E-state index in [0.29, 0.717) is 6.61 Å². The summed E-state index contributed by atoms with van der Waals surface area (Å²) in [4.78, 5) is 24.5. The average Bonchev–Trinajstić information content (AvgIpc) is 2.94. The van der Waals surface area contributed by atoms with Crippen molar-refractivity contribution in [2.75, 3.05) is 13.7 Å². The molecule has 214 valence electrons. The number of rotatable bonds is 16. The number of methoxy groups -OCH3 is 1. The Morgan fingerprint density at radius 1 is 0.850 bits per heavy atom. The third kappa shape index (κ3) is 9.74. The lowest BCUT2D eigenvalue weighted by Crippen LogP contribution is -2.17. The Morgan fingerprint density at radius 3 is 2.25 bits per heavy atom. The second kappa shape index (κ2) is 16.1. The van der Waals surface area contributed by atoms with Crippen LogP contribution in [0.5, 0.6) is 23.0 Å². The third-order valence-electron chi connectivity index (χ3n) is 6.58. The van der Waals surface area contributed by atoms with E-state index in [-0.39, 0.29) is 16.8 Å². The van der Waals surface area contributed by atoms with E-state index in [2.05, 4.69) is 25.1 Å². The molecule has 0 amide bonds. The molecule has 0 radical (unpaired) electrons. The molecular weight excluding hydrogens is 520 g/mol. The van der Waals surface area contributed by atoms with Gasteiger partial charge in [-0.05, 0) is 91.3 Å². The van der Waals surface area contributed by atoms with Crippen LogP contribution in [-0.2, 0) is 22.4 Å². The lowest BCUT2D eigenvalue weighted by molar-refractivity contribution is -0.121. The average molecular weight is 563 g/mol. The van der Waals surface area contributed by atoms with Crippen LogP contribution < -0.4 is 14.2 Å². The summed E-state index contributed by atoms with van der Waals surface area (Å²) in [6, 6.07) is 21.7. The fourth-order valence-corrected chi connectivity index (χ4v) is 5.47. The van der Waals surface area contributed by atoms with Crippen molar-refractivity contribution in [2.45, 2.75) is 71.5 Å². The highest BCUT2D eigenvalue weighted by atomic mass is 32.2. The Morgan fingerprint density at radius 2 is 1.57 bits per heavy atom. The van der Waals surface area contributed by atoms with Gasteiger partial charge in [0, 0.05) is 12.8 Å². The molecular formula is C34H42O5S. The monoisotopic (exact) mass is 562 g/mol. The Kier molecular flexibility index (Phi) is 12.6. The molecule has 1 unspecified atom stereocenters. The first-order chi connectivity index (χ1) is 19.3. The molecule has 5 nitrogen and oxygen atoms in total. The van der Waals surface area contributed by atoms with Gasteiger partial charge in [-0.3, -0.25) is 9.59 Å². The van der Waals surface area contributed by atoms with Crippen molar-refractivity contribution in [3.63, 3.8) is 0 Å². The van der Waals surface area contributed by atoms with Crippen molar-refractivity contribution < 1.29 is 23.8 Å². The van der Waals surface area contributed by atoms with Crippen LogP contribution >= 0.6 is 11.8 Å². The lowest BCUT2D eigenvalue weighted by Gasteiger charge is -2.17. The zero-order valence-corrected chi connectivity index (χ0v) is 25.2. The molecule has 3 rings (SSSR count). The van der Waals surface area contributed by atoms with Crippen molar-refractivity contribution in [3.05, 3.63) is 83.4 Å². The first kappa shape index (κ1) is 31.3. The normalized spacial score (nSPS) is 11.8. The molecule has 0 aliphatic rings. The number of benzene rings is 3. The number of hydrogen-bond acceptors (Lipinski definition) is 6. The van der Waals surface area contributed by atoms with Gasteiger partial charge in [0.15, 0.2) is 10.9 Å². The molecule has 1 atom stereocenters. The predicted octanol–water partition coefficient (Wildman–Crippen LogP) is 8.78. The van der Waals surface area contributed by atoms with Crippen LogP contribution in [-0.4, -0.2) is 24.6 Å². The van der Waals surface area contributed by atoms with Crippen molar-refractivity contribution in [1.29, 1.82) is 0 Å². The molecule has 0 saturated carbocycles. The summed E-state index contributed by atoms with van der Waals surface area (Å²) in [5.74, 6) is 3.25. The maximum absolute atomic E-state index is 12.7. The van der Waals surface area contributed by atoms with Gasteiger partial charge < -0.3 is 14.2 Å². The molecule has 0 heterocycles. The van der Waals surface area contributed by atoms with Gasteiger partial charge in [0.1, 0.15) is 23.0 Å². The highest BCUT2D eigenvalue weighted by Gasteiger charge is 2.25. The Balaban J connectivity index is 1.49. The van der Waals surface area contributed by atoms with E-state index in [1.54, 1.807) is 7.11 Å². The molecule has 0 bridgehead atoms. The highest BCUT2D eigenvalue weighted by molar-refractivity contribution is 8.14. The van der Waals surface area contributed by atoms with Crippen LogP contribution in [0.15, 0.2) is 66.7 Å². The van der Waals surface area contributed by atoms with E-state index in [1.807, 2.05) is 62.4 Å². The molecule has 40 heavy (non-hydrogen) atoms. The number of hydrogen-bond donors (Lipinski definition) is 0. The van der Waals surface area contributed by atoms with E-state index < -0.39 is 5.25 Å². The topological polar surface area (TPSA) is 61.8 Å². The van der Waals surface area contributed by atoms with Crippen LogP contribution in [0.2, 0.25) is 0 Å². The zero-order valence-electron chi connectivity index (χ0n) is 24.4. The minimum absolute atomic E-state index is 0.0362. The van der Waals surface area contributed by atoms with E-state index >= 15 is 0 Å². The number of Topliss-reactive ketones (excluding diaryl/α,β-unsaturated/α-hetero) is 1. The van der Waals surface area contributed by atoms with Gasteiger partial charge in [0.2, 0.25) is 0 Å². The second-order valence-corrected chi connectivity index (χ2v) is 11.5. The van der Waals surface area contributed by atoms with Crippen molar-refractivity contribution in [3.8, 4) is 23.0 Å². The fraction of sp³-hybridized carbons (Fsp3) is 0.412. The molecule has 0 aliphatic heterocycles. The summed E-state index contributed by atoms with van der Waals surface area (Å²) in [5.41, 5.74) is 3.27. The Hall–Kier alpha value is -3.25. The van der Waals surface area contributed by atoms with Crippen LogP contribution in [0.25, 0.3) is 0 Å². The van der Waals surface area contributed by atoms with Gasteiger partial charge in [0.05, 0.1) is 19.0 Å². The summed E-state index contributed by atoms with van der Waals surface area (Å²) in [5, 5.41) is -0.470. The van der Waals surface area contributed by atoms with Gasteiger partial charge in [-0.25, -0.2) is 0 Å². The van der Waals surface area contributed by atoms with E-state index in [0.717, 1.165) is 84.4 Å². The first-order valence-corrected chi connectivity index (χ1v) is 15.1. The van der Waals surface area contributed by atoms with Gasteiger partial charge in [0.25, 0.3) is 0 Å². The largest absolute Gasteiger partial charge is 0.497 e. The third-order valence-corrected chi connectivity index (χ3v) is 7.65. The number of unbranched alkanes of at least 4 members (excludes halogenated alkanes) is 2. The van der Waals surface area contributed by atoms with Crippen LogP contribution in [0.1, 0.15) is 75.3 Å². The quantitative estimate of drug-likeness (QED) is 0.163. The summed E-state index contributed by atoms with van der Waals surface area (Å²) in [6.07, 6.45) is 5.92. The van der Waals surface area contributed by atoms with Gasteiger partial charge in [-0.15, -0.1) is 0 Å². The standard InChI is InChI=1S/C34H42O5S/c1-6-11-27-23-31(39-30-17-15-29(37-5)16-18-30)19-20-32(27)38-21-9-7-8-12-26-13-10-14-28(22-26)34(40-25(4)35)33(36)24(2)3/h10,13-20,22-24,34H,6-9,11-12,21H2,1-5H3. The number of ether oxygens (including phenoxy) is 3. The number of carbonyl (C=O) groups is 2. The lowest BCUT2D eigenvalue weighted by atomic mass is 9.97. The minimum Gasteiger partial charge on any atom is -0.497 e. The van der Waals surface area contributed by atoms with Gasteiger partial charge in [-0.2, -0.15) is 0 Å². The van der Waals surface area contributed by atoms with Crippen LogP contribution in [0, 0.1) is 5.92 Å². The summed E-state index contributed by atoms with van der Waals surface area (Å²) in [7, 11) is 1.65. The minimum atomic E-state index is -0.434. The summed E-state index contributed by atoms with van der Waals surface area (Å²) < 4.78 is 17.4. The van der Waals surface area contributed by atoms with Crippen molar-refractivity contribution >= 4 is 22.7 Å². The summed E-state index contributed by atoms with van der Waals surface area (Å²) >= 11 is 1.12. The summed E-state index contributed by atoms with van der Waals surface area (Å²) in [6.45, 7) is 8.12. The highest BCUT2D eigenvalue weighted by Crippen LogP contribution is 2.33. The van der Waals surface area contributed by atoms with Crippen molar-refractivity contribution in [2.24, 2.45) is 5.92 Å². The number of thioether (sulfide) groups is 1. The van der Waals surface area contributed by atoms with E-state index in [4.69, 9.17) is 14.2 Å². The van der Waals surface area contributed by atoms with E-state index in [1.165, 1.54) is 12.5 Å². The molecule has 0 N–H and O–H groups in total. The van der Waals surface area contributed by atoms with Gasteiger partial charge in [-0.1, -0.05) is 63.2 Å². The SMILES string of the molecule is CCCc1cc(Oc2ccc(OC)cc2)ccc1OCCCCCc1cccc(C(SC(C)=O)C(=O)C(C)C)c1. The molecule has 0 aliphatic carbocycles. The number of ketones is 1. The fourth-order valence-electron chi connectivity index (χ4n) is 4.47. The van der Waals surface area contributed by atoms with Crippen molar-refractivity contribution in [1.82, 2.24) is 0 Å². The Labute approximate surface area is 243 Å². The molecule has 0 saturated heterocycles. The zero-order chi connectivity index (χ0) is 28.9. The number of aryl methyl sites for hydroxylation is 2. The molecule has 6 heteroatoms. The molecule has 3 aromatic carbocycles.